The van der Waals surface area contributed by atoms with Gasteiger partial charge in [-0.1, -0.05) is 25.4 Å². The molecular weight excluding hydrogens is 381 g/mol. The summed E-state index contributed by atoms with van der Waals surface area (Å²) < 4.78 is 21.6. The van der Waals surface area contributed by atoms with Crippen LogP contribution in [0.15, 0.2) is 24.3 Å². The van der Waals surface area contributed by atoms with E-state index >= 15 is 0 Å². The number of aryl methyl sites for hydroxylation is 1. The van der Waals surface area contributed by atoms with Crippen LogP contribution in [0.4, 0.5) is 10.1 Å². The van der Waals surface area contributed by atoms with E-state index in [1.807, 2.05) is 11.8 Å². The maximum Gasteiger partial charge on any atom is 0.185 e. The second kappa shape index (κ2) is 8.88. The van der Waals surface area contributed by atoms with Gasteiger partial charge in [-0.15, -0.1) is 0 Å². The first-order chi connectivity index (χ1) is 13.4. The number of anilines is 1. The van der Waals surface area contributed by atoms with E-state index in [0.29, 0.717) is 60.7 Å². The molecule has 0 N–H and O–H groups in total. The van der Waals surface area contributed by atoms with Crippen molar-refractivity contribution in [3.63, 3.8) is 0 Å². The van der Waals surface area contributed by atoms with Crippen molar-refractivity contribution in [2.24, 2.45) is 5.92 Å². The van der Waals surface area contributed by atoms with E-state index < -0.39 is 5.82 Å². The third-order valence-electron chi connectivity index (χ3n) is 4.63. The Hall–Kier alpha value is -2.18. The number of hydrogen-bond donors (Lipinski definition) is 0. The van der Waals surface area contributed by atoms with E-state index in [0.717, 1.165) is 5.69 Å². The summed E-state index contributed by atoms with van der Waals surface area (Å²) in [5.41, 5.74) is 2.26. The SMILES string of the molecule is Cc1nn(CC(C)C)c(Cl)c1/C=C/C(=O)c1ccc(N2CCOCC2)c(F)c1. The van der Waals surface area contributed by atoms with Crippen LogP contribution < -0.4 is 4.90 Å². The molecule has 1 aliphatic heterocycles. The number of rotatable bonds is 6. The van der Waals surface area contributed by atoms with E-state index in [-0.39, 0.29) is 5.78 Å². The van der Waals surface area contributed by atoms with Crippen molar-refractivity contribution in [2.45, 2.75) is 27.3 Å². The van der Waals surface area contributed by atoms with Crippen LogP contribution >= 0.6 is 11.6 Å². The van der Waals surface area contributed by atoms with Gasteiger partial charge in [-0.05, 0) is 43.2 Å². The number of carbonyl (C=O) groups is 1. The van der Waals surface area contributed by atoms with Crippen molar-refractivity contribution in [3.05, 3.63) is 52.1 Å². The molecule has 2 aromatic rings. The Balaban J connectivity index is 1.76. The van der Waals surface area contributed by atoms with Crippen molar-refractivity contribution in [1.29, 1.82) is 0 Å². The number of halogens is 2. The highest BCUT2D eigenvalue weighted by Gasteiger charge is 2.17. The summed E-state index contributed by atoms with van der Waals surface area (Å²) in [4.78, 5) is 14.4. The van der Waals surface area contributed by atoms with Crippen molar-refractivity contribution >= 4 is 29.1 Å². The Morgan fingerprint density at radius 3 is 2.71 bits per heavy atom. The van der Waals surface area contributed by atoms with Crippen LogP contribution in [0.25, 0.3) is 6.08 Å². The lowest BCUT2D eigenvalue weighted by Crippen LogP contribution is -2.36. The normalized spacial score (nSPS) is 15.0. The van der Waals surface area contributed by atoms with Crippen LogP contribution in [0.5, 0.6) is 0 Å². The Morgan fingerprint density at radius 2 is 2.07 bits per heavy atom. The van der Waals surface area contributed by atoms with Crippen LogP contribution in [0.2, 0.25) is 5.15 Å². The van der Waals surface area contributed by atoms with Gasteiger partial charge in [-0.2, -0.15) is 5.10 Å². The minimum Gasteiger partial charge on any atom is -0.378 e. The first-order valence-corrected chi connectivity index (χ1v) is 9.82. The monoisotopic (exact) mass is 405 g/mol. The van der Waals surface area contributed by atoms with Crippen LogP contribution in [-0.4, -0.2) is 41.9 Å². The molecule has 1 aliphatic rings. The maximum absolute atomic E-state index is 14.5. The molecule has 0 amide bonds. The smallest absolute Gasteiger partial charge is 0.185 e. The molecule has 150 valence electrons. The molecule has 0 bridgehead atoms. The van der Waals surface area contributed by atoms with E-state index in [1.165, 1.54) is 12.1 Å². The molecule has 1 aromatic heterocycles. The standard InChI is InChI=1S/C21H25ClFN3O2/c1-14(2)13-26-21(22)17(15(3)24-26)5-7-20(27)16-4-6-19(18(23)12-16)25-8-10-28-11-9-25/h4-7,12,14H,8-11,13H2,1-3H3/b7-5+. The van der Waals surface area contributed by atoms with Crippen LogP contribution in [0.1, 0.15) is 35.5 Å². The fourth-order valence-electron chi connectivity index (χ4n) is 3.20. The molecule has 0 unspecified atom stereocenters. The highest BCUT2D eigenvalue weighted by Crippen LogP contribution is 2.24. The van der Waals surface area contributed by atoms with E-state index in [2.05, 4.69) is 18.9 Å². The zero-order valence-electron chi connectivity index (χ0n) is 16.4. The predicted molar refractivity (Wildman–Crippen MR) is 110 cm³/mol. The Bertz CT molecular complexity index is 886. The number of aromatic nitrogens is 2. The average molecular weight is 406 g/mol. The highest BCUT2D eigenvalue weighted by atomic mass is 35.5. The number of benzene rings is 1. The number of nitrogens with zero attached hydrogens (tertiary/aromatic N) is 3. The summed E-state index contributed by atoms with van der Waals surface area (Å²) in [6, 6.07) is 4.59. The number of morpholine rings is 1. The summed E-state index contributed by atoms with van der Waals surface area (Å²) in [6.45, 7) is 9.16. The second-order valence-corrected chi connectivity index (χ2v) is 7.69. The van der Waals surface area contributed by atoms with Gasteiger partial charge in [-0.3, -0.25) is 9.48 Å². The minimum atomic E-state index is -0.403. The van der Waals surface area contributed by atoms with E-state index in [1.54, 1.807) is 22.9 Å². The van der Waals surface area contributed by atoms with Gasteiger partial charge < -0.3 is 9.64 Å². The van der Waals surface area contributed by atoms with Crippen LogP contribution in [0, 0.1) is 18.7 Å². The first kappa shape index (κ1) is 20.6. The summed E-state index contributed by atoms with van der Waals surface area (Å²) in [7, 11) is 0. The van der Waals surface area contributed by atoms with E-state index in [4.69, 9.17) is 16.3 Å². The Labute approximate surface area is 169 Å². The second-order valence-electron chi connectivity index (χ2n) is 7.33. The van der Waals surface area contributed by atoms with Gasteiger partial charge in [0.1, 0.15) is 11.0 Å². The number of carbonyl (C=O) groups excluding carboxylic acids is 1. The van der Waals surface area contributed by atoms with Gasteiger partial charge in [0.05, 0.1) is 24.6 Å². The quantitative estimate of drug-likeness (QED) is 0.528. The largest absolute Gasteiger partial charge is 0.378 e. The lowest BCUT2D eigenvalue weighted by atomic mass is 10.1. The molecule has 1 aromatic carbocycles. The fraction of sp³-hybridized carbons (Fsp3) is 0.429. The van der Waals surface area contributed by atoms with Gasteiger partial charge in [0.25, 0.3) is 0 Å². The van der Waals surface area contributed by atoms with Gasteiger partial charge in [0.15, 0.2) is 5.78 Å². The maximum atomic E-state index is 14.5. The van der Waals surface area contributed by atoms with Gasteiger partial charge in [0, 0.05) is 30.8 Å². The molecule has 2 heterocycles. The molecule has 0 atom stereocenters. The number of ketones is 1. The average Bonchev–Trinajstić information content (AvgIpc) is 2.92. The summed E-state index contributed by atoms with van der Waals surface area (Å²) in [5.74, 6) is -0.275. The third kappa shape index (κ3) is 4.62. The summed E-state index contributed by atoms with van der Waals surface area (Å²) in [5, 5.41) is 4.93. The molecular formula is C21H25ClFN3O2. The fourth-order valence-corrected chi connectivity index (χ4v) is 3.51. The highest BCUT2D eigenvalue weighted by molar-refractivity contribution is 6.31. The van der Waals surface area contributed by atoms with Gasteiger partial charge in [0.2, 0.25) is 0 Å². The summed E-state index contributed by atoms with van der Waals surface area (Å²) >= 11 is 6.40. The molecule has 5 nitrogen and oxygen atoms in total. The molecule has 0 aliphatic carbocycles. The lowest BCUT2D eigenvalue weighted by molar-refractivity contribution is 0.104. The predicted octanol–water partition coefficient (Wildman–Crippen LogP) is 4.37. The van der Waals surface area contributed by atoms with Crippen LogP contribution in [-0.2, 0) is 11.3 Å². The molecule has 0 saturated carbocycles. The first-order valence-electron chi connectivity index (χ1n) is 9.44. The summed E-state index contributed by atoms with van der Waals surface area (Å²) in [6.07, 6.45) is 3.07. The Kier molecular flexibility index (Phi) is 6.52. The number of allylic oxidation sites excluding steroid dienone is 1. The van der Waals surface area contributed by atoms with Crippen molar-refractivity contribution in [1.82, 2.24) is 9.78 Å². The molecule has 1 fully saturated rings. The van der Waals surface area contributed by atoms with E-state index in [9.17, 15) is 9.18 Å². The van der Waals surface area contributed by atoms with Gasteiger partial charge >= 0.3 is 0 Å². The molecule has 0 spiro atoms. The Morgan fingerprint density at radius 1 is 1.36 bits per heavy atom. The number of ether oxygens (including phenoxy) is 1. The minimum absolute atomic E-state index is 0.278. The van der Waals surface area contributed by atoms with Crippen molar-refractivity contribution in [3.8, 4) is 0 Å². The lowest BCUT2D eigenvalue weighted by Gasteiger charge is -2.29. The molecule has 7 heteroatoms. The third-order valence-corrected chi connectivity index (χ3v) is 5.03. The van der Waals surface area contributed by atoms with Crippen LogP contribution in [0.3, 0.4) is 0 Å². The molecule has 3 rings (SSSR count). The molecule has 1 saturated heterocycles. The van der Waals surface area contributed by atoms with Gasteiger partial charge in [-0.25, -0.2) is 4.39 Å². The zero-order chi connectivity index (χ0) is 20.3. The number of hydrogen-bond acceptors (Lipinski definition) is 4. The topological polar surface area (TPSA) is 47.4 Å². The molecule has 28 heavy (non-hydrogen) atoms. The molecule has 0 radical (unpaired) electrons. The zero-order valence-corrected chi connectivity index (χ0v) is 17.2. The van der Waals surface area contributed by atoms with Crippen molar-refractivity contribution in [2.75, 3.05) is 31.2 Å². The van der Waals surface area contributed by atoms with Crippen molar-refractivity contribution < 1.29 is 13.9 Å².